The molecule has 136 valence electrons. The Morgan fingerprint density at radius 1 is 0.857 bits per heavy atom. The fraction of sp³-hybridized carbons (Fsp3) is 0.148. The predicted octanol–water partition coefficient (Wildman–Crippen LogP) is 6.84. The third-order valence-corrected chi connectivity index (χ3v) is 5.33. The van der Waals surface area contributed by atoms with Crippen molar-refractivity contribution in [3.05, 3.63) is 125 Å². The van der Waals surface area contributed by atoms with E-state index >= 15 is 0 Å². The van der Waals surface area contributed by atoms with Gasteiger partial charge in [0.1, 0.15) is 0 Å². The molecule has 0 amide bonds. The molecule has 0 aromatic heterocycles. The maximum absolute atomic E-state index is 3.99. The minimum atomic E-state index is 0. The first-order valence-corrected chi connectivity index (χ1v) is 9.64. The van der Waals surface area contributed by atoms with Crippen LogP contribution in [0.2, 0.25) is 0 Å². The van der Waals surface area contributed by atoms with Crippen molar-refractivity contribution in [2.75, 3.05) is 0 Å². The monoisotopic (exact) mass is 438 g/mol. The van der Waals surface area contributed by atoms with Gasteiger partial charge in [0.15, 0.2) is 0 Å². The quantitative estimate of drug-likeness (QED) is 0.384. The number of aryl methyl sites for hydroxylation is 1. The molecule has 28 heavy (non-hydrogen) atoms. The van der Waals surface area contributed by atoms with Gasteiger partial charge >= 0.3 is 26.2 Å². The van der Waals surface area contributed by atoms with Gasteiger partial charge in [-0.25, -0.2) is 0 Å². The van der Waals surface area contributed by atoms with E-state index < -0.39 is 0 Å². The number of hydrogen-bond donors (Lipinski definition) is 0. The van der Waals surface area contributed by atoms with E-state index in [1.54, 1.807) is 0 Å². The molecule has 1 heteroatoms. The molecular formula is C27H24Zr. The van der Waals surface area contributed by atoms with Crippen molar-refractivity contribution in [2.45, 2.75) is 25.2 Å². The van der Waals surface area contributed by atoms with Gasteiger partial charge in [0.05, 0.1) is 0 Å². The van der Waals surface area contributed by atoms with Crippen LogP contribution in [0.25, 0.3) is 12.2 Å². The molecule has 0 spiro atoms. The first-order valence-electron chi connectivity index (χ1n) is 9.64. The van der Waals surface area contributed by atoms with Crippen LogP contribution in [0.5, 0.6) is 0 Å². The first-order chi connectivity index (χ1) is 13.3. The van der Waals surface area contributed by atoms with Gasteiger partial charge in [0, 0.05) is 5.92 Å². The second-order valence-corrected chi connectivity index (χ2v) is 7.06. The van der Waals surface area contributed by atoms with E-state index in [1.807, 2.05) is 6.07 Å². The largest absolute Gasteiger partial charge is 2.00 e. The van der Waals surface area contributed by atoms with Gasteiger partial charge in [0.25, 0.3) is 0 Å². The zero-order valence-corrected chi connectivity index (χ0v) is 18.7. The van der Waals surface area contributed by atoms with Crippen molar-refractivity contribution in [1.29, 1.82) is 0 Å². The number of benzene rings is 3. The zero-order chi connectivity index (χ0) is 18.6. The van der Waals surface area contributed by atoms with Crippen molar-refractivity contribution in [3.63, 3.8) is 0 Å². The Bertz CT molecular complexity index is 996. The van der Waals surface area contributed by atoms with E-state index in [2.05, 4.69) is 105 Å². The minimum Gasteiger partial charge on any atom is -0.332 e. The van der Waals surface area contributed by atoms with E-state index in [-0.39, 0.29) is 26.2 Å². The van der Waals surface area contributed by atoms with Gasteiger partial charge < -0.3 is 6.92 Å². The molecule has 2 aliphatic carbocycles. The molecule has 0 N–H and O–H groups in total. The molecule has 0 fully saturated rings. The molecule has 3 aromatic rings. The van der Waals surface area contributed by atoms with Crippen LogP contribution in [-0.2, 0) is 32.6 Å². The van der Waals surface area contributed by atoms with E-state index in [4.69, 9.17) is 0 Å². The molecule has 2 atom stereocenters. The van der Waals surface area contributed by atoms with Crippen molar-refractivity contribution >= 4 is 12.2 Å². The zero-order valence-electron chi connectivity index (χ0n) is 16.2. The smallest absolute Gasteiger partial charge is 0.332 e. The third kappa shape index (κ3) is 4.36. The second-order valence-electron chi connectivity index (χ2n) is 7.06. The van der Waals surface area contributed by atoms with Crippen LogP contribution in [0.15, 0.2) is 78.9 Å². The Morgan fingerprint density at radius 2 is 1.50 bits per heavy atom. The number of rotatable bonds is 2. The van der Waals surface area contributed by atoms with Crippen molar-refractivity contribution < 1.29 is 26.2 Å². The molecule has 5 rings (SSSR count). The summed E-state index contributed by atoms with van der Waals surface area (Å²) in [6.07, 6.45) is 9.82. The van der Waals surface area contributed by atoms with Gasteiger partial charge in [-0.1, -0.05) is 85.7 Å². The molecule has 0 heterocycles. The van der Waals surface area contributed by atoms with Gasteiger partial charge in [-0.15, -0.1) is 17.6 Å². The predicted molar refractivity (Wildman–Crippen MR) is 116 cm³/mol. The fourth-order valence-corrected chi connectivity index (χ4v) is 3.80. The summed E-state index contributed by atoms with van der Waals surface area (Å²) in [5, 5.41) is 0. The Balaban J connectivity index is 0.000000175. The Morgan fingerprint density at radius 3 is 2.21 bits per heavy atom. The van der Waals surface area contributed by atoms with Crippen LogP contribution < -0.4 is 0 Å². The van der Waals surface area contributed by atoms with Crippen molar-refractivity contribution in [1.82, 2.24) is 0 Å². The van der Waals surface area contributed by atoms with E-state index in [1.165, 1.54) is 33.4 Å². The van der Waals surface area contributed by atoms with Gasteiger partial charge in [-0.2, -0.15) is 29.8 Å². The first kappa shape index (κ1) is 20.7. The molecule has 0 nitrogen and oxygen atoms in total. The molecular weight excluding hydrogens is 416 g/mol. The topological polar surface area (TPSA) is 0 Å². The second kappa shape index (κ2) is 9.48. The van der Waals surface area contributed by atoms with Crippen LogP contribution in [-0.4, -0.2) is 0 Å². The molecule has 3 aromatic carbocycles. The molecule has 0 aliphatic heterocycles. The van der Waals surface area contributed by atoms with Crippen LogP contribution in [0.1, 0.15) is 52.1 Å². The fourth-order valence-electron chi connectivity index (χ4n) is 3.80. The van der Waals surface area contributed by atoms with Gasteiger partial charge in [-0.3, -0.25) is 0 Å². The SMILES string of the molecule is CCc1[c-]ccc(C2C=Cc3ccccc32)c1.[CH2-]C1C=Cc2ccccc21.[Zr+2]. The summed E-state index contributed by atoms with van der Waals surface area (Å²) in [6, 6.07) is 26.8. The van der Waals surface area contributed by atoms with E-state index in [0.717, 1.165) is 6.42 Å². The van der Waals surface area contributed by atoms with Gasteiger partial charge in [-0.05, 0) is 16.7 Å². The molecule has 2 unspecified atom stereocenters. The summed E-state index contributed by atoms with van der Waals surface area (Å²) in [5.74, 6) is 0.794. The Labute approximate surface area is 188 Å². The number of fused-ring (bicyclic) bond motifs is 2. The molecule has 0 saturated heterocycles. The van der Waals surface area contributed by atoms with Crippen LogP contribution in [0.3, 0.4) is 0 Å². The average Bonchev–Trinajstić information content (AvgIpc) is 3.33. The van der Waals surface area contributed by atoms with Crippen molar-refractivity contribution in [2.24, 2.45) is 0 Å². The molecule has 0 saturated carbocycles. The van der Waals surface area contributed by atoms with E-state index in [0.29, 0.717) is 11.8 Å². The van der Waals surface area contributed by atoms with Crippen LogP contribution in [0, 0.1) is 13.0 Å². The van der Waals surface area contributed by atoms with Crippen LogP contribution >= 0.6 is 0 Å². The Kier molecular flexibility index (Phi) is 7.03. The maximum Gasteiger partial charge on any atom is 2.00 e. The number of allylic oxidation sites excluding steroid dienone is 2. The summed E-state index contributed by atoms with van der Waals surface area (Å²) in [7, 11) is 0. The van der Waals surface area contributed by atoms with Crippen LogP contribution in [0.4, 0.5) is 0 Å². The summed E-state index contributed by atoms with van der Waals surface area (Å²) in [6.45, 7) is 6.17. The normalized spacial score (nSPS) is 17.9. The molecule has 0 bridgehead atoms. The Hall–Kier alpha value is -1.98. The van der Waals surface area contributed by atoms with Gasteiger partial charge in [0.2, 0.25) is 0 Å². The van der Waals surface area contributed by atoms with E-state index in [9.17, 15) is 0 Å². The summed E-state index contributed by atoms with van der Waals surface area (Å²) < 4.78 is 0. The standard InChI is InChI=1S/C17H15.C10H9.Zr/c1-2-13-6-5-8-15(12-13)17-11-10-14-7-3-4-9-16(14)17;1-8-6-7-9-4-2-3-5-10(8)9;/h3-5,7-12,17H,2H2,1H3;2-8H,1H2;/q2*-1;+2. The summed E-state index contributed by atoms with van der Waals surface area (Å²) >= 11 is 0. The minimum absolute atomic E-state index is 0. The summed E-state index contributed by atoms with van der Waals surface area (Å²) in [4.78, 5) is 0. The third-order valence-electron chi connectivity index (χ3n) is 5.33. The number of hydrogen-bond acceptors (Lipinski definition) is 0. The summed E-state index contributed by atoms with van der Waals surface area (Å²) in [5.41, 5.74) is 8.11. The van der Waals surface area contributed by atoms with Crippen molar-refractivity contribution in [3.8, 4) is 0 Å². The average molecular weight is 440 g/mol. The molecule has 2 aliphatic rings. The maximum atomic E-state index is 3.99. The molecule has 0 radical (unpaired) electrons.